The number of rotatable bonds is 4. The van der Waals surface area contributed by atoms with Gasteiger partial charge in [0.05, 0.1) is 21.1 Å². The molecule has 2 heterocycles. The van der Waals surface area contributed by atoms with E-state index in [-0.39, 0.29) is 21.2 Å². The van der Waals surface area contributed by atoms with E-state index in [9.17, 15) is 25.9 Å². The van der Waals surface area contributed by atoms with Crippen LogP contribution in [0.3, 0.4) is 0 Å². The second-order valence-corrected chi connectivity index (χ2v) is 11.3. The van der Waals surface area contributed by atoms with Gasteiger partial charge in [-0.15, -0.1) is 0 Å². The summed E-state index contributed by atoms with van der Waals surface area (Å²) >= 11 is 12.2. The van der Waals surface area contributed by atoms with Crippen molar-refractivity contribution in [2.24, 2.45) is 0 Å². The van der Waals surface area contributed by atoms with Gasteiger partial charge in [-0.2, -0.15) is 16.8 Å². The van der Waals surface area contributed by atoms with E-state index >= 15 is 0 Å². The topological polar surface area (TPSA) is 135 Å². The van der Waals surface area contributed by atoms with Gasteiger partial charge in [0.15, 0.2) is 0 Å². The minimum atomic E-state index is -4.65. The van der Waals surface area contributed by atoms with E-state index in [1.165, 1.54) is 36.7 Å². The fraction of sp³-hybridized carbons (Fsp3) is 0. The Morgan fingerprint density at radius 2 is 0.944 bits per heavy atom. The average Bonchev–Trinajstić information content (AvgIpc) is 2.81. The third-order valence-electron chi connectivity index (χ3n) is 5.65. The lowest BCUT2D eigenvalue weighted by atomic mass is 9.96. The first-order valence-electron chi connectivity index (χ1n) is 10.2. The number of hydrogen-bond donors (Lipinski definition) is 2. The van der Waals surface area contributed by atoms with E-state index in [1.807, 2.05) is 0 Å². The van der Waals surface area contributed by atoms with Gasteiger partial charge in [-0.25, -0.2) is 0 Å². The molecule has 0 saturated carbocycles. The van der Waals surface area contributed by atoms with Gasteiger partial charge in [0.2, 0.25) is 0 Å². The molecule has 0 bridgehead atoms. The molecule has 5 rings (SSSR count). The molecule has 12 heteroatoms. The fourth-order valence-corrected chi connectivity index (χ4v) is 6.74. The van der Waals surface area contributed by atoms with Crippen molar-refractivity contribution in [2.45, 2.75) is 9.79 Å². The van der Waals surface area contributed by atoms with E-state index in [0.29, 0.717) is 32.9 Å². The molecule has 2 N–H and O–H groups in total. The molecule has 5 aromatic rings. The molecule has 0 unspecified atom stereocenters. The number of nitrogens with zero attached hydrogens (tertiary/aromatic N) is 2. The van der Waals surface area contributed by atoms with E-state index in [1.54, 1.807) is 36.4 Å². The zero-order valence-electron chi connectivity index (χ0n) is 17.9. The standard InChI is InChI=1S/C24H14Cl2N2O6S2/c25-19-5-1-3-17(23(19)35(29,30)31)13-9-11-27-21-15(13)7-8-16-14(10-12-28-22(16)21)18-4-2-6-20(26)24(18)36(32,33)34/h1-12H,(H,29,30,31)(H,32,33,34). The van der Waals surface area contributed by atoms with Crippen molar-refractivity contribution in [1.29, 1.82) is 0 Å². The maximum atomic E-state index is 12.1. The van der Waals surface area contributed by atoms with Crippen molar-refractivity contribution in [3.63, 3.8) is 0 Å². The first-order chi connectivity index (χ1) is 17.0. The predicted octanol–water partition coefficient (Wildman–Crippen LogP) is 5.92. The molecule has 0 spiro atoms. The largest absolute Gasteiger partial charge is 0.296 e. The van der Waals surface area contributed by atoms with Crippen LogP contribution in [0, 0.1) is 0 Å². The summed E-state index contributed by atoms with van der Waals surface area (Å²) in [6.07, 6.45) is 2.92. The summed E-state index contributed by atoms with van der Waals surface area (Å²) in [5, 5.41) is 0.755. The smallest absolute Gasteiger partial charge is 0.282 e. The van der Waals surface area contributed by atoms with Crippen LogP contribution in [0.15, 0.2) is 82.8 Å². The number of pyridine rings is 2. The van der Waals surface area contributed by atoms with Gasteiger partial charge in [0, 0.05) is 34.3 Å². The van der Waals surface area contributed by atoms with Crippen LogP contribution in [-0.4, -0.2) is 35.9 Å². The van der Waals surface area contributed by atoms with Gasteiger partial charge in [-0.3, -0.25) is 19.1 Å². The Morgan fingerprint density at radius 3 is 1.31 bits per heavy atom. The van der Waals surface area contributed by atoms with E-state index < -0.39 is 30.0 Å². The van der Waals surface area contributed by atoms with Crippen LogP contribution in [0.5, 0.6) is 0 Å². The molecule has 182 valence electrons. The molecule has 0 aliphatic carbocycles. The molecule has 8 nitrogen and oxygen atoms in total. The minimum absolute atomic E-state index is 0.139. The number of fused-ring (bicyclic) bond motifs is 3. The van der Waals surface area contributed by atoms with Gasteiger partial charge < -0.3 is 0 Å². The zero-order valence-corrected chi connectivity index (χ0v) is 21.1. The van der Waals surface area contributed by atoms with Crippen molar-refractivity contribution >= 4 is 65.2 Å². The second-order valence-electron chi connectivity index (χ2n) is 7.76. The van der Waals surface area contributed by atoms with Gasteiger partial charge >= 0.3 is 0 Å². The lowest BCUT2D eigenvalue weighted by molar-refractivity contribution is 0.481. The summed E-state index contributed by atoms with van der Waals surface area (Å²) in [5.74, 6) is 0. The van der Waals surface area contributed by atoms with Crippen molar-refractivity contribution in [1.82, 2.24) is 9.97 Å². The highest BCUT2D eigenvalue weighted by Crippen LogP contribution is 2.40. The van der Waals surface area contributed by atoms with Crippen LogP contribution in [0.4, 0.5) is 0 Å². The monoisotopic (exact) mass is 560 g/mol. The maximum Gasteiger partial charge on any atom is 0.296 e. The molecule has 0 aliphatic heterocycles. The van der Waals surface area contributed by atoms with Crippen molar-refractivity contribution in [3.05, 3.63) is 83.1 Å². The Balaban J connectivity index is 1.85. The molecule has 0 atom stereocenters. The third-order valence-corrected chi connectivity index (χ3v) is 8.42. The Morgan fingerprint density at radius 1 is 0.556 bits per heavy atom. The van der Waals surface area contributed by atoms with Crippen LogP contribution in [0.1, 0.15) is 0 Å². The maximum absolute atomic E-state index is 12.1. The lowest BCUT2D eigenvalue weighted by Crippen LogP contribution is -2.03. The molecule has 0 aliphatic rings. The molecule has 0 fully saturated rings. The van der Waals surface area contributed by atoms with Crippen LogP contribution >= 0.6 is 23.2 Å². The van der Waals surface area contributed by atoms with Crippen LogP contribution < -0.4 is 0 Å². The highest BCUT2D eigenvalue weighted by atomic mass is 35.5. The first-order valence-corrected chi connectivity index (χ1v) is 13.8. The Labute approximate surface area is 215 Å². The Kier molecular flexibility index (Phi) is 5.98. The highest BCUT2D eigenvalue weighted by Gasteiger charge is 2.24. The summed E-state index contributed by atoms with van der Waals surface area (Å²) in [5.41, 5.74) is 2.01. The molecule has 36 heavy (non-hydrogen) atoms. The summed E-state index contributed by atoms with van der Waals surface area (Å²) < 4.78 is 68.0. The Hall–Kier alpha value is -3.12. The molecular formula is C24H14Cl2N2O6S2. The number of benzene rings is 3. The SMILES string of the molecule is O=S(=O)(O)c1c(Cl)cccc1-c1ccnc2c1ccc1c(-c3cccc(Cl)c3S(=O)(=O)O)ccnc12. The van der Waals surface area contributed by atoms with Crippen molar-refractivity contribution < 1.29 is 25.9 Å². The molecule has 0 saturated heterocycles. The summed E-state index contributed by atoms with van der Waals surface area (Å²) in [4.78, 5) is 8.00. The van der Waals surface area contributed by atoms with Crippen LogP contribution in [0.2, 0.25) is 10.0 Å². The molecule has 0 amide bonds. The average molecular weight is 561 g/mol. The highest BCUT2D eigenvalue weighted by molar-refractivity contribution is 7.86. The number of hydrogen-bond acceptors (Lipinski definition) is 6. The summed E-state index contributed by atoms with van der Waals surface area (Å²) in [6, 6.07) is 15.4. The van der Waals surface area contributed by atoms with Crippen LogP contribution in [-0.2, 0) is 20.2 Å². The van der Waals surface area contributed by atoms with Gasteiger partial charge in [0.1, 0.15) is 9.79 Å². The third kappa shape index (κ3) is 4.11. The summed E-state index contributed by atoms with van der Waals surface area (Å²) in [6.45, 7) is 0. The number of halogens is 2. The number of aromatic nitrogens is 2. The van der Waals surface area contributed by atoms with Gasteiger partial charge in [0.25, 0.3) is 20.2 Å². The van der Waals surface area contributed by atoms with Gasteiger partial charge in [-0.1, -0.05) is 59.6 Å². The van der Waals surface area contributed by atoms with Crippen molar-refractivity contribution in [2.75, 3.05) is 0 Å². The Bertz CT molecular complexity index is 1790. The quantitative estimate of drug-likeness (QED) is 0.204. The zero-order chi connectivity index (χ0) is 25.8. The molecule has 2 aromatic heterocycles. The second kappa shape index (κ2) is 8.77. The minimum Gasteiger partial charge on any atom is -0.282 e. The van der Waals surface area contributed by atoms with E-state index in [4.69, 9.17) is 23.2 Å². The summed E-state index contributed by atoms with van der Waals surface area (Å²) in [7, 11) is -9.30. The van der Waals surface area contributed by atoms with E-state index in [0.717, 1.165) is 0 Å². The first kappa shape index (κ1) is 24.6. The lowest BCUT2D eigenvalue weighted by Gasteiger charge is -2.14. The normalized spacial score (nSPS) is 12.3. The van der Waals surface area contributed by atoms with Crippen LogP contribution in [0.25, 0.3) is 44.1 Å². The molecule has 0 radical (unpaired) electrons. The molecular weight excluding hydrogens is 547 g/mol. The van der Waals surface area contributed by atoms with Gasteiger partial charge in [-0.05, 0) is 35.4 Å². The molecule has 3 aromatic carbocycles. The predicted molar refractivity (Wildman–Crippen MR) is 138 cm³/mol. The van der Waals surface area contributed by atoms with Crippen molar-refractivity contribution in [3.8, 4) is 22.3 Å². The fourth-order valence-electron chi connectivity index (χ4n) is 4.26. The van der Waals surface area contributed by atoms with E-state index in [2.05, 4.69) is 9.97 Å².